The molecule has 0 spiro atoms. The molecular formula is C13H18N2O3. The summed E-state index contributed by atoms with van der Waals surface area (Å²) in [4.78, 5) is 22.2. The largest absolute Gasteiger partial charge is 0.478 e. The summed E-state index contributed by atoms with van der Waals surface area (Å²) < 4.78 is 0. The topological polar surface area (TPSA) is 78.4 Å². The van der Waals surface area contributed by atoms with Crippen LogP contribution in [0.4, 0.5) is 4.79 Å². The Morgan fingerprint density at radius 3 is 2.72 bits per heavy atom. The van der Waals surface area contributed by atoms with Gasteiger partial charge in [0.2, 0.25) is 0 Å². The van der Waals surface area contributed by atoms with Crippen LogP contribution < -0.4 is 10.6 Å². The number of nitrogens with one attached hydrogen (secondary N) is 2. The number of rotatable bonds is 5. The molecule has 5 heteroatoms. The second-order valence-electron chi connectivity index (χ2n) is 4.14. The molecule has 0 saturated carbocycles. The van der Waals surface area contributed by atoms with Crippen molar-refractivity contribution in [3.8, 4) is 0 Å². The SMILES string of the molecule is CCC(C)NC(=O)NCc1cccc(C(=O)O)c1. The molecule has 0 aliphatic carbocycles. The van der Waals surface area contributed by atoms with Crippen LogP contribution in [0.1, 0.15) is 36.2 Å². The van der Waals surface area contributed by atoms with Gasteiger partial charge < -0.3 is 15.7 Å². The molecule has 0 aliphatic rings. The summed E-state index contributed by atoms with van der Waals surface area (Å²) in [6, 6.07) is 6.38. The van der Waals surface area contributed by atoms with Crippen LogP contribution >= 0.6 is 0 Å². The number of hydrogen-bond acceptors (Lipinski definition) is 2. The van der Waals surface area contributed by atoms with Gasteiger partial charge in [-0.1, -0.05) is 19.1 Å². The molecule has 0 aliphatic heterocycles. The van der Waals surface area contributed by atoms with Crippen LogP contribution in [0.5, 0.6) is 0 Å². The molecular weight excluding hydrogens is 232 g/mol. The molecule has 0 aromatic heterocycles. The Morgan fingerprint density at radius 1 is 1.39 bits per heavy atom. The van der Waals surface area contributed by atoms with E-state index in [4.69, 9.17) is 5.11 Å². The highest BCUT2D eigenvalue weighted by molar-refractivity contribution is 5.87. The van der Waals surface area contributed by atoms with Crippen LogP contribution in [0, 0.1) is 0 Å². The molecule has 0 heterocycles. The molecule has 1 aromatic rings. The Bertz CT molecular complexity index is 432. The van der Waals surface area contributed by atoms with E-state index in [-0.39, 0.29) is 17.6 Å². The normalized spacial score (nSPS) is 11.7. The Balaban J connectivity index is 2.50. The monoisotopic (exact) mass is 250 g/mol. The summed E-state index contributed by atoms with van der Waals surface area (Å²) in [5.41, 5.74) is 0.978. The van der Waals surface area contributed by atoms with Gasteiger partial charge in [-0.15, -0.1) is 0 Å². The van der Waals surface area contributed by atoms with E-state index in [1.807, 2.05) is 13.8 Å². The van der Waals surface area contributed by atoms with Crippen LogP contribution in [0.15, 0.2) is 24.3 Å². The predicted octanol–water partition coefficient (Wildman–Crippen LogP) is 1.98. The van der Waals surface area contributed by atoms with E-state index < -0.39 is 5.97 Å². The zero-order valence-electron chi connectivity index (χ0n) is 10.6. The zero-order chi connectivity index (χ0) is 13.5. The minimum absolute atomic E-state index is 0.121. The molecule has 18 heavy (non-hydrogen) atoms. The highest BCUT2D eigenvalue weighted by Gasteiger charge is 2.06. The zero-order valence-corrected chi connectivity index (χ0v) is 10.6. The van der Waals surface area contributed by atoms with Gasteiger partial charge in [-0.3, -0.25) is 0 Å². The van der Waals surface area contributed by atoms with E-state index in [2.05, 4.69) is 10.6 Å². The number of amides is 2. The van der Waals surface area contributed by atoms with E-state index in [1.54, 1.807) is 18.2 Å². The third-order valence-electron chi connectivity index (χ3n) is 2.62. The fourth-order valence-corrected chi connectivity index (χ4v) is 1.37. The minimum Gasteiger partial charge on any atom is -0.478 e. The number of aromatic carboxylic acids is 1. The third-order valence-corrected chi connectivity index (χ3v) is 2.62. The standard InChI is InChI=1S/C13H18N2O3/c1-3-9(2)15-13(18)14-8-10-5-4-6-11(7-10)12(16)17/h4-7,9H,3,8H2,1-2H3,(H,16,17)(H2,14,15,18). The van der Waals surface area contributed by atoms with Crippen LogP contribution in [0.25, 0.3) is 0 Å². The molecule has 1 atom stereocenters. The molecule has 0 radical (unpaired) electrons. The van der Waals surface area contributed by atoms with Gasteiger partial charge in [0.05, 0.1) is 5.56 Å². The lowest BCUT2D eigenvalue weighted by Gasteiger charge is -2.12. The summed E-state index contributed by atoms with van der Waals surface area (Å²) in [6.45, 7) is 4.22. The second-order valence-corrected chi connectivity index (χ2v) is 4.14. The molecule has 1 aromatic carbocycles. The third kappa shape index (κ3) is 4.45. The fourth-order valence-electron chi connectivity index (χ4n) is 1.37. The van der Waals surface area contributed by atoms with Crippen molar-refractivity contribution in [3.63, 3.8) is 0 Å². The lowest BCUT2D eigenvalue weighted by Crippen LogP contribution is -2.40. The predicted molar refractivity (Wildman–Crippen MR) is 68.5 cm³/mol. The van der Waals surface area contributed by atoms with Gasteiger partial charge in [-0.25, -0.2) is 9.59 Å². The molecule has 3 N–H and O–H groups in total. The summed E-state index contributed by atoms with van der Waals surface area (Å²) >= 11 is 0. The number of carbonyl (C=O) groups excluding carboxylic acids is 1. The number of carboxylic acid groups (broad SMARTS) is 1. The summed E-state index contributed by atoms with van der Waals surface area (Å²) in [5.74, 6) is -0.971. The van der Waals surface area contributed by atoms with Crippen molar-refractivity contribution in [1.82, 2.24) is 10.6 Å². The average Bonchev–Trinajstić information content (AvgIpc) is 2.36. The summed E-state index contributed by atoms with van der Waals surface area (Å²) in [6.07, 6.45) is 0.863. The van der Waals surface area contributed by atoms with Gasteiger partial charge in [0.25, 0.3) is 0 Å². The quantitative estimate of drug-likeness (QED) is 0.747. The molecule has 2 amide bonds. The molecule has 1 unspecified atom stereocenters. The van der Waals surface area contributed by atoms with Crippen molar-refractivity contribution in [2.24, 2.45) is 0 Å². The molecule has 0 saturated heterocycles. The first-order valence-corrected chi connectivity index (χ1v) is 5.89. The van der Waals surface area contributed by atoms with Crippen LogP contribution in [-0.4, -0.2) is 23.1 Å². The highest BCUT2D eigenvalue weighted by Crippen LogP contribution is 2.05. The smallest absolute Gasteiger partial charge is 0.335 e. The Hall–Kier alpha value is -2.04. The number of urea groups is 1. The van der Waals surface area contributed by atoms with Crippen molar-refractivity contribution in [2.75, 3.05) is 0 Å². The van der Waals surface area contributed by atoms with Gasteiger partial charge in [-0.2, -0.15) is 0 Å². The van der Waals surface area contributed by atoms with E-state index >= 15 is 0 Å². The maximum atomic E-state index is 11.5. The maximum absolute atomic E-state index is 11.5. The second kappa shape index (κ2) is 6.64. The van der Waals surface area contributed by atoms with E-state index in [0.29, 0.717) is 6.54 Å². The highest BCUT2D eigenvalue weighted by atomic mass is 16.4. The first-order valence-electron chi connectivity index (χ1n) is 5.89. The average molecular weight is 250 g/mol. The van der Waals surface area contributed by atoms with Gasteiger partial charge in [0, 0.05) is 12.6 Å². The molecule has 98 valence electrons. The molecule has 1 rings (SSSR count). The number of hydrogen-bond donors (Lipinski definition) is 3. The Kier molecular flexibility index (Phi) is 5.17. The molecule has 0 fully saturated rings. The van der Waals surface area contributed by atoms with E-state index in [1.165, 1.54) is 6.07 Å². The Labute approximate surface area is 106 Å². The van der Waals surface area contributed by atoms with Crippen molar-refractivity contribution >= 4 is 12.0 Å². The molecule has 0 bridgehead atoms. The molecule has 5 nitrogen and oxygen atoms in total. The van der Waals surface area contributed by atoms with E-state index in [0.717, 1.165) is 12.0 Å². The van der Waals surface area contributed by atoms with Crippen molar-refractivity contribution in [3.05, 3.63) is 35.4 Å². The minimum atomic E-state index is -0.971. The first kappa shape index (κ1) is 14.0. The van der Waals surface area contributed by atoms with Crippen molar-refractivity contribution in [2.45, 2.75) is 32.9 Å². The van der Waals surface area contributed by atoms with Gasteiger partial charge in [-0.05, 0) is 31.0 Å². The lowest BCUT2D eigenvalue weighted by atomic mass is 10.1. The van der Waals surface area contributed by atoms with Gasteiger partial charge in [0.15, 0.2) is 0 Å². The van der Waals surface area contributed by atoms with Crippen LogP contribution in [-0.2, 0) is 6.54 Å². The van der Waals surface area contributed by atoms with Crippen LogP contribution in [0.3, 0.4) is 0 Å². The van der Waals surface area contributed by atoms with Crippen molar-refractivity contribution in [1.29, 1.82) is 0 Å². The number of carboxylic acids is 1. The summed E-state index contributed by atoms with van der Waals surface area (Å²) in [5, 5.41) is 14.3. The Morgan fingerprint density at radius 2 is 2.11 bits per heavy atom. The van der Waals surface area contributed by atoms with E-state index in [9.17, 15) is 9.59 Å². The fraction of sp³-hybridized carbons (Fsp3) is 0.385. The summed E-state index contributed by atoms with van der Waals surface area (Å²) in [7, 11) is 0. The number of benzene rings is 1. The van der Waals surface area contributed by atoms with Crippen LogP contribution in [0.2, 0.25) is 0 Å². The maximum Gasteiger partial charge on any atom is 0.335 e. The van der Waals surface area contributed by atoms with Gasteiger partial charge >= 0.3 is 12.0 Å². The van der Waals surface area contributed by atoms with Gasteiger partial charge in [0.1, 0.15) is 0 Å². The first-order chi connectivity index (χ1) is 8.52. The van der Waals surface area contributed by atoms with Crippen molar-refractivity contribution < 1.29 is 14.7 Å². The lowest BCUT2D eigenvalue weighted by molar-refractivity contribution is 0.0696. The number of carbonyl (C=O) groups is 2.